The molecule has 5 nitrogen and oxygen atoms in total. The highest BCUT2D eigenvalue weighted by Gasteiger charge is 2.22. The largest absolute Gasteiger partial charge is 0.343 e. The SMILES string of the molecule is CCN(CC)C(=O)Cc1c(-c2ccc(C)c([125I])c2)nn2c(C)cc(C)nc12. The van der Waals surface area contributed by atoms with Crippen LogP contribution in [0.1, 0.15) is 36.4 Å². The molecule has 1 aromatic carbocycles. The van der Waals surface area contributed by atoms with Gasteiger partial charge in [-0.05, 0) is 74.9 Å². The lowest BCUT2D eigenvalue weighted by Crippen LogP contribution is -2.31. The van der Waals surface area contributed by atoms with Crippen LogP contribution in [0.4, 0.5) is 0 Å². The van der Waals surface area contributed by atoms with E-state index in [-0.39, 0.29) is 5.91 Å². The number of carbonyl (C=O) groups excluding carboxylic acids is 1. The minimum absolute atomic E-state index is 0.110. The van der Waals surface area contributed by atoms with Gasteiger partial charge in [0.05, 0.1) is 12.1 Å². The van der Waals surface area contributed by atoms with E-state index < -0.39 is 0 Å². The molecule has 0 spiro atoms. The van der Waals surface area contributed by atoms with E-state index in [0.717, 1.165) is 33.9 Å². The van der Waals surface area contributed by atoms with Gasteiger partial charge in [0.2, 0.25) is 5.91 Å². The topological polar surface area (TPSA) is 50.5 Å². The molecule has 0 aliphatic rings. The minimum Gasteiger partial charge on any atom is -0.343 e. The van der Waals surface area contributed by atoms with Gasteiger partial charge in [-0.3, -0.25) is 4.79 Å². The smallest absolute Gasteiger partial charge is 0.227 e. The van der Waals surface area contributed by atoms with Gasteiger partial charge < -0.3 is 4.90 Å². The number of fused-ring (bicyclic) bond motifs is 1. The highest BCUT2D eigenvalue weighted by Crippen LogP contribution is 2.29. The second-order valence-electron chi connectivity index (χ2n) is 6.81. The summed E-state index contributed by atoms with van der Waals surface area (Å²) in [5.74, 6) is 0.110. The Morgan fingerprint density at radius 1 is 1.15 bits per heavy atom. The van der Waals surface area contributed by atoms with E-state index in [0.29, 0.717) is 19.5 Å². The van der Waals surface area contributed by atoms with Crippen LogP contribution in [0.5, 0.6) is 0 Å². The number of hydrogen-bond donors (Lipinski definition) is 0. The highest BCUT2D eigenvalue weighted by molar-refractivity contribution is 14.1. The van der Waals surface area contributed by atoms with Crippen molar-refractivity contribution in [2.45, 2.75) is 41.0 Å². The monoisotopic (exact) mass is 474 g/mol. The molecule has 0 fully saturated rings. The molecule has 0 aliphatic heterocycles. The van der Waals surface area contributed by atoms with Crippen molar-refractivity contribution in [1.82, 2.24) is 19.5 Å². The number of likely N-dealkylation sites (N-methyl/N-ethyl adjacent to an activating group) is 1. The molecule has 0 aliphatic carbocycles. The third-order valence-electron chi connectivity index (χ3n) is 4.88. The maximum absolute atomic E-state index is 12.9. The van der Waals surface area contributed by atoms with Gasteiger partial charge in [-0.2, -0.15) is 5.10 Å². The van der Waals surface area contributed by atoms with E-state index in [4.69, 9.17) is 10.1 Å². The van der Waals surface area contributed by atoms with Gasteiger partial charge >= 0.3 is 0 Å². The van der Waals surface area contributed by atoms with Crippen LogP contribution >= 0.6 is 22.6 Å². The van der Waals surface area contributed by atoms with Crippen molar-refractivity contribution in [3.8, 4) is 11.3 Å². The van der Waals surface area contributed by atoms with Crippen LogP contribution in [0, 0.1) is 24.3 Å². The normalized spacial score (nSPS) is 11.2. The predicted octanol–water partition coefficient (Wildman–Crippen LogP) is 4.34. The Labute approximate surface area is 173 Å². The fraction of sp³-hybridized carbons (Fsp3) is 0.381. The quantitative estimate of drug-likeness (QED) is 0.518. The lowest BCUT2D eigenvalue weighted by molar-refractivity contribution is -0.130. The number of rotatable bonds is 5. The number of hydrogen-bond acceptors (Lipinski definition) is 3. The van der Waals surface area contributed by atoms with Crippen molar-refractivity contribution in [3.05, 3.63) is 50.4 Å². The molecular weight excluding hydrogens is 449 g/mol. The second kappa shape index (κ2) is 7.96. The number of aromatic nitrogens is 3. The summed E-state index contributed by atoms with van der Waals surface area (Å²) in [6.45, 7) is 11.5. The zero-order chi connectivity index (χ0) is 19.7. The van der Waals surface area contributed by atoms with Gasteiger partial charge in [-0.15, -0.1) is 0 Å². The van der Waals surface area contributed by atoms with E-state index >= 15 is 0 Å². The summed E-state index contributed by atoms with van der Waals surface area (Å²) in [5.41, 5.74) is 6.72. The maximum atomic E-state index is 12.9. The number of amides is 1. The summed E-state index contributed by atoms with van der Waals surface area (Å²) < 4.78 is 3.05. The Balaban J connectivity index is 2.21. The predicted molar refractivity (Wildman–Crippen MR) is 117 cm³/mol. The van der Waals surface area contributed by atoms with Gasteiger partial charge in [0.25, 0.3) is 0 Å². The molecule has 0 saturated carbocycles. The van der Waals surface area contributed by atoms with E-state index in [1.807, 2.05) is 43.2 Å². The molecule has 1 amide bonds. The first kappa shape index (κ1) is 19.8. The summed E-state index contributed by atoms with van der Waals surface area (Å²) in [4.78, 5) is 19.4. The molecule has 0 radical (unpaired) electrons. The van der Waals surface area contributed by atoms with Crippen molar-refractivity contribution in [1.29, 1.82) is 0 Å². The van der Waals surface area contributed by atoms with Crippen molar-refractivity contribution < 1.29 is 4.79 Å². The third kappa shape index (κ3) is 3.85. The molecule has 0 saturated heterocycles. The molecular formula is C21H25IN4O. The second-order valence-corrected chi connectivity index (χ2v) is 7.97. The van der Waals surface area contributed by atoms with Gasteiger partial charge in [0.15, 0.2) is 5.65 Å². The average Bonchev–Trinajstić information content (AvgIpc) is 2.97. The van der Waals surface area contributed by atoms with Crippen molar-refractivity contribution in [2.24, 2.45) is 0 Å². The molecule has 6 heteroatoms. The number of benzene rings is 1. The van der Waals surface area contributed by atoms with Crippen molar-refractivity contribution >= 4 is 34.1 Å². The van der Waals surface area contributed by atoms with Crippen molar-refractivity contribution in [2.75, 3.05) is 13.1 Å². The van der Waals surface area contributed by atoms with Crippen LogP contribution in [0.2, 0.25) is 0 Å². The van der Waals surface area contributed by atoms with Crippen molar-refractivity contribution in [3.63, 3.8) is 0 Å². The molecule has 0 N–H and O–H groups in total. The van der Waals surface area contributed by atoms with Crippen LogP contribution in [-0.4, -0.2) is 38.5 Å². The van der Waals surface area contributed by atoms with E-state index in [9.17, 15) is 4.79 Å². The fourth-order valence-electron chi connectivity index (χ4n) is 3.34. The molecule has 2 heterocycles. The van der Waals surface area contributed by atoms with Crippen LogP contribution < -0.4 is 0 Å². The zero-order valence-electron chi connectivity index (χ0n) is 16.5. The highest BCUT2D eigenvalue weighted by atomic mass is 125. The maximum Gasteiger partial charge on any atom is 0.227 e. The summed E-state index contributed by atoms with van der Waals surface area (Å²) >= 11 is 2.34. The first-order valence-electron chi connectivity index (χ1n) is 9.25. The average molecular weight is 474 g/mol. The standard InChI is InChI=1S/C21H25IN4O/c1-6-25(7-2)19(27)12-17-20(16-9-8-13(3)18(22)11-16)24-26-15(5)10-14(4)23-21(17)26/h8-11H,6-7,12H2,1-5H3/i22-2. The lowest BCUT2D eigenvalue weighted by Gasteiger charge is -2.18. The van der Waals surface area contributed by atoms with E-state index in [2.05, 4.69) is 47.7 Å². The van der Waals surface area contributed by atoms with Crippen LogP contribution in [0.15, 0.2) is 24.3 Å². The first-order chi connectivity index (χ1) is 12.8. The molecule has 3 aromatic rings. The van der Waals surface area contributed by atoms with Gasteiger partial charge in [-0.1, -0.05) is 12.1 Å². The summed E-state index contributed by atoms with van der Waals surface area (Å²) in [6, 6.07) is 8.32. The molecule has 142 valence electrons. The van der Waals surface area contributed by atoms with Crippen LogP contribution in [0.25, 0.3) is 16.9 Å². The Hall–Kier alpha value is -1.96. The summed E-state index contributed by atoms with van der Waals surface area (Å²) in [7, 11) is 0. The fourth-order valence-corrected chi connectivity index (χ4v) is 3.85. The number of nitrogens with zero attached hydrogens (tertiary/aromatic N) is 4. The molecule has 2 aromatic heterocycles. The van der Waals surface area contributed by atoms with Gasteiger partial charge in [-0.25, -0.2) is 9.50 Å². The van der Waals surface area contributed by atoms with Crippen LogP contribution in [0.3, 0.4) is 0 Å². The molecule has 0 bridgehead atoms. The van der Waals surface area contributed by atoms with Crippen LogP contribution in [-0.2, 0) is 11.2 Å². The summed E-state index contributed by atoms with van der Waals surface area (Å²) in [6.07, 6.45) is 0.306. The molecule has 3 rings (SSSR count). The number of aryl methyl sites for hydroxylation is 3. The number of halogens is 1. The lowest BCUT2D eigenvalue weighted by atomic mass is 10.0. The summed E-state index contributed by atoms with van der Waals surface area (Å²) in [5, 5.41) is 4.84. The van der Waals surface area contributed by atoms with Gasteiger partial charge in [0, 0.05) is 39.2 Å². The van der Waals surface area contributed by atoms with E-state index in [1.54, 1.807) is 0 Å². The molecule has 27 heavy (non-hydrogen) atoms. The first-order valence-corrected chi connectivity index (χ1v) is 10.3. The zero-order valence-corrected chi connectivity index (χ0v) is 18.7. The van der Waals surface area contributed by atoms with Gasteiger partial charge in [0.1, 0.15) is 0 Å². The molecule has 0 atom stereocenters. The Bertz CT molecular complexity index is 1010. The molecule has 0 unspecified atom stereocenters. The Kier molecular flexibility index (Phi) is 5.83. The third-order valence-corrected chi connectivity index (χ3v) is 6.04. The Morgan fingerprint density at radius 3 is 2.48 bits per heavy atom. The number of carbonyl (C=O) groups is 1. The minimum atomic E-state index is 0.110. The Morgan fingerprint density at radius 2 is 1.85 bits per heavy atom. The van der Waals surface area contributed by atoms with E-state index in [1.165, 1.54) is 9.13 Å².